The second kappa shape index (κ2) is 2.33. The maximum absolute atomic E-state index is 12.7. The largest absolute Gasteiger partial charge is 0.399 e. The van der Waals surface area contributed by atoms with Crippen LogP contribution >= 0.6 is 0 Å². The predicted octanol–water partition coefficient (Wildman–Crippen LogP) is -0.0253. The molecular weight excluding hydrogens is 128 g/mol. The van der Waals surface area contributed by atoms with Gasteiger partial charge in [0, 0.05) is 5.69 Å². The fourth-order valence-electron chi connectivity index (χ4n) is 0.803. The van der Waals surface area contributed by atoms with Gasteiger partial charge in [-0.1, -0.05) is 5.46 Å². The molecule has 0 amide bonds. The van der Waals surface area contributed by atoms with Crippen LogP contribution in [-0.4, -0.2) is 7.85 Å². The van der Waals surface area contributed by atoms with Crippen molar-refractivity contribution >= 4 is 19.0 Å². The van der Waals surface area contributed by atoms with Gasteiger partial charge in [0.05, 0.1) is 0 Å². The van der Waals surface area contributed by atoms with Crippen molar-refractivity contribution < 1.29 is 4.39 Å². The highest BCUT2D eigenvalue weighted by atomic mass is 19.1. The summed E-state index contributed by atoms with van der Waals surface area (Å²) in [6.07, 6.45) is 0. The first-order valence-electron chi connectivity index (χ1n) is 3.13. The van der Waals surface area contributed by atoms with Crippen molar-refractivity contribution in [2.24, 2.45) is 0 Å². The average Bonchev–Trinajstić information content (AvgIpc) is 1.84. The van der Waals surface area contributed by atoms with E-state index >= 15 is 0 Å². The van der Waals surface area contributed by atoms with E-state index in [9.17, 15) is 4.39 Å². The number of nitrogens with two attached hydrogens (primary N) is 1. The first-order chi connectivity index (χ1) is 4.61. The highest BCUT2D eigenvalue weighted by Crippen LogP contribution is 2.08. The van der Waals surface area contributed by atoms with Crippen LogP contribution in [0.5, 0.6) is 0 Å². The Kier molecular flexibility index (Phi) is 1.66. The molecular formula is C7H9BFN. The van der Waals surface area contributed by atoms with Crippen LogP contribution in [0.3, 0.4) is 0 Å². The summed E-state index contributed by atoms with van der Waals surface area (Å²) in [6, 6.07) is 3.09. The van der Waals surface area contributed by atoms with E-state index in [1.54, 1.807) is 20.8 Å². The predicted molar refractivity (Wildman–Crippen MR) is 43.7 cm³/mol. The Morgan fingerprint density at radius 1 is 1.50 bits per heavy atom. The van der Waals surface area contributed by atoms with Crippen LogP contribution < -0.4 is 11.2 Å². The lowest BCUT2D eigenvalue weighted by molar-refractivity contribution is 0.635. The van der Waals surface area contributed by atoms with Crippen molar-refractivity contribution in [1.29, 1.82) is 0 Å². The standard InChI is InChI=1S/C7H9BFN/c1-4-2-6(9)5(8)3-7(4)10/h2-3H,8,10H2,1H3. The molecule has 2 N–H and O–H groups in total. The molecule has 0 spiro atoms. The maximum Gasteiger partial charge on any atom is 0.143 e. The first-order valence-corrected chi connectivity index (χ1v) is 3.13. The number of anilines is 1. The molecule has 0 bridgehead atoms. The number of aryl methyl sites for hydroxylation is 1. The molecule has 0 saturated heterocycles. The number of halogens is 1. The van der Waals surface area contributed by atoms with Gasteiger partial charge in [-0.2, -0.15) is 0 Å². The Bertz CT molecular complexity index is 210. The third-order valence-electron chi connectivity index (χ3n) is 1.55. The Labute approximate surface area is 60.5 Å². The van der Waals surface area contributed by atoms with E-state index in [1.807, 2.05) is 0 Å². The minimum absolute atomic E-state index is 0.188. The SMILES string of the molecule is Bc1cc(N)c(C)cc1F. The molecule has 0 radical (unpaired) electrons. The van der Waals surface area contributed by atoms with E-state index in [1.165, 1.54) is 6.07 Å². The van der Waals surface area contributed by atoms with Gasteiger partial charge < -0.3 is 5.73 Å². The van der Waals surface area contributed by atoms with Crippen LogP contribution in [0.15, 0.2) is 12.1 Å². The monoisotopic (exact) mass is 137 g/mol. The van der Waals surface area contributed by atoms with Gasteiger partial charge in [-0.25, -0.2) is 4.39 Å². The van der Waals surface area contributed by atoms with E-state index in [0.29, 0.717) is 11.2 Å². The first kappa shape index (κ1) is 7.13. The second-order valence-electron chi connectivity index (χ2n) is 2.46. The zero-order chi connectivity index (χ0) is 7.72. The van der Waals surface area contributed by atoms with Crippen molar-refractivity contribution in [3.8, 4) is 0 Å². The van der Waals surface area contributed by atoms with Crippen molar-refractivity contribution in [2.75, 3.05) is 5.73 Å². The fourth-order valence-corrected chi connectivity index (χ4v) is 0.803. The highest BCUT2D eigenvalue weighted by molar-refractivity contribution is 6.32. The topological polar surface area (TPSA) is 26.0 Å². The number of hydrogen-bond donors (Lipinski definition) is 1. The second-order valence-corrected chi connectivity index (χ2v) is 2.46. The van der Waals surface area contributed by atoms with E-state index in [4.69, 9.17) is 5.73 Å². The van der Waals surface area contributed by atoms with E-state index in [-0.39, 0.29) is 5.82 Å². The Morgan fingerprint density at radius 3 is 2.60 bits per heavy atom. The Morgan fingerprint density at radius 2 is 2.10 bits per heavy atom. The van der Waals surface area contributed by atoms with Gasteiger partial charge in [0.1, 0.15) is 13.7 Å². The number of benzene rings is 1. The molecule has 0 aromatic heterocycles. The van der Waals surface area contributed by atoms with Crippen LogP contribution in [0.2, 0.25) is 0 Å². The van der Waals surface area contributed by atoms with Crippen LogP contribution in [-0.2, 0) is 0 Å². The fraction of sp³-hybridized carbons (Fsp3) is 0.143. The highest BCUT2D eigenvalue weighted by Gasteiger charge is 1.99. The Balaban J connectivity index is 3.28. The summed E-state index contributed by atoms with van der Waals surface area (Å²) in [6.45, 7) is 1.79. The van der Waals surface area contributed by atoms with Crippen molar-refractivity contribution in [2.45, 2.75) is 6.92 Å². The summed E-state index contributed by atoms with van der Waals surface area (Å²) in [7, 11) is 1.70. The normalized spacial score (nSPS) is 9.80. The molecule has 0 aliphatic carbocycles. The zero-order valence-electron chi connectivity index (χ0n) is 6.11. The van der Waals surface area contributed by atoms with E-state index < -0.39 is 0 Å². The minimum atomic E-state index is -0.188. The van der Waals surface area contributed by atoms with Crippen LogP contribution in [0, 0.1) is 12.7 Å². The molecule has 0 saturated carbocycles. The molecule has 10 heavy (non-hydrogen) atoms. The molecule has 1 aromatic rings. The van der Waals surface area contributed by atoms with Gasteiger partial charge >= 0.3 is 0 Å². The number of rotatable bonds is 0. The molecule has 0 aliphatic heterocycles. The molecule has 0 heterocycles. The molecule has 0 aliphatic rings. The van der Waals surface area contributed by atoms with Gasteiger partial charge in [0.15, 0.2) is 0 Å². The lowest BCUT2D eigenvalue weighted by Crippen LogP contribution is -2.10. The van der Waals surface area contributed by atoms with Gasteiger partial charge in [-0.3, -0.25) is 0 Å². The van der Waals surface area contributed by atoms with Crippen molar-refractivity contribution in [3.63, 3.8) is 0 Å². The summed E-state index contributed by atoms with van der Waals surface area (Å²) < 4.78 is 12.7. The van der Waals surface area contributed by atoms with Gasteiger partial charge in [-0.15, -0.1) is 0 Å². The molecule has 52 valence electrons. The number of nitrogen functional groups attached to an aromatic ring is 1. The molecule has 0 fully saturated rings. The quantitative estimate of drug-likeness (QED) is 0.394. The maximum atomic E-state index is 12.7. The molecule has 1 aromatic carbocycles. The summed E-state index contributed by atoms with van der Waals surface area (Å²) in [5, 5.41) is 0. The number of hydrogen-bond acceptors (Lipinski definition) is 1. The van der Waals surface area contributed by atoms with E-state index in [2.05, 4.69) is 0 Å². The van der Waals surface area contributed by atoms with Crippen molar-refractivity contribution in [1.82, 2.24) is 0 Å². The van der Waals surface area contributed by atoms with Crippen LogP contribution in [0.25, 0.3) is 0 Å². The zero-order valence-corrected chi connectivity index (χ0v) is 6.11. The third-order valence-corrected chi connectivity index (χ3v) is 1.55. The average molecular weight is 137 g/mol. The van der Waals surface area contributed by atoms with Crippen molar-refractivity contribution in [3.05, 3.63) is 23.5 Å². The molecule has 3 heteroatoms. The lowest BCUT2D eigenvalue weighted by atomic mass is 9.94. The third kappa shape index (κ3) is 1.13. The molecule has 0 unspecified atom stereocenters. The summed E-state index contributed by atoms with van der Waals surface area (Å²) in [5.41, 5.74) is 7.57. The summed E-state index contributed by atoms with van der Waals surface area (Å²) >= 11 is 0. The smallest absolute Gasteiger partial charge is 0.143 e. The summed E-state index contributed by atoms with van der Waals surface area (Å²) in [4.78, 5) is 0. The van der Waals surface area contributed by atoms with Crippen LogP contribution in [0.4, 0.5) is 10.1 Å². The molecule has 1 nitrogen and oxygen atoms in total. The molecule has 0 atom stereocenters. The minimum Gasteiger partial charge on any atom is -0.399 e. The van der Waals surface area contributed by atoms with Crippen LogP contribution in [0.1, 0.15) is 5.56 Å². The van der Waals surface area contributed by atoms with Gasteiger partial charge in [-0.05, 0) is 24.6 Å². The van der Waals surface area contributed by atoms with E-state index in [0.717, 1.165) is 5.56 Å². The Hall–Kier alpha value is -0.985. The summed E-state index contributed by atoms with van der Waals surface area (Å²) in [5.74, 6) is -0.188. The van der Waals surface area contributed by atoms with Gasteiger partial charge in [0.25, 0.3) is 0 Å². The van der Waals surface area contributed by atoms with Gasteiger partial charge in [0.2, 0.25) is 0 Å². The lowest BCUT2D eigenvalue weighted by Gasteiger charge is -2.01. The molecule has 1 rings (SSSR count).